The first-order valence-electron chi connectivity index (χ1n) is 11.5. The van der Waals surface area contributed by atoms with E-state index < -0.39 is 0 Å². The molecule has 0 radical (unpaired) electrons. The first-order chi connectivity index (χ1) is 17.2. The highest BCUT2D eigenvalue weighted by atomic mass is 32.2. The van der Waals surface area contributed by atoms with Crippen molar-refractivity contribution >= 4 is 23.6 Å². The number of carbonyl (C=O) groups is 2. The van der Waals surface area contributed by atoms with Crippen molar-refractivity contribution in [1.29, 1.82) is 0 Å². The molecule has 0 atom stereocenters. The molecule has 0 saturated carbocycles. The van der Waals surface area contributed by atoms with E-state index in [0.29, 0.717) is 28.8 Å². The van der Waals surface area contributed by atoms with Gasteiger partial charge in [-0.2, -0.15) is 0 Å². The van der Waals surface area contributed by atoms with Crippen molar-refractivity contribution in [2.24, 2.45) is 0 Å². The van der Waals surface area contributed by atoms with Gasteiger partial charge in [-0.3, -0.25) is 14.2 Å². The van der Waals surface area contributed by atoms with Crippen molar-refractivity contribution < 1.29 is 14.0 Å². The molecule has 9 heteroatoms. The summed E-state index contributed by atoms with van der Waals surface area (Å²) in [5.41, 5.74) is 2.51. The Morgan fingerprint density at radius 3 is 2.43 bits per heavy atom. The molecule has 2 amide bonds. The predicted octanol–water partition coefficient (Wildman–Crippen LogP) is 4.17. The quantitative estimate of drug-likeness (QED) is 0.375. The average molecular weight is 488 g/mol. The maximum atomic E-state index is 12.6. The van der Waals surface area contributed by atoms with Crippen molar-refractivity contribution in [3.63, 3.8) is 0 Å². The van der Waals surface area contributed by atoms with Gasteiger partial charge < -0.3 is 14.6 Å². The Hall–Kier alpha value is -3.85. The van der Waals surface area contributed by atoms with Gasteiger partial charge in [-0.25, -0.2) is 0 Å². The summed E-state index contributed by atoms with van der Waals surface area (Å²) < 4.78 is 7.41. The number of likely N-dealkylation sites (tertiary alicyclic amines) is 1. The van der Waals surface area contributed by atoms with E-state index >= 15 is 0 Å². The highest BCUT2D eigenvalue weighted by Gasteiger charge is 2.20. The van der Waals surface area contributed by atoms with Gasteiger partial charge in [0.1, 0.15) is 0 Å². The van der Waals surface area contributed by atoms with E-state index in [1.54, 1.807) is 12.3 Å². The number of para-hydroxylation sites is 1. The summed E-state index contributed by atoms with van der Waals surface area (Å²) in [6.45, 7) is 2.05. The smallest absolute Gasteiger partial charge is 0.253 e. The van der Waals surface area contributed by atoms with Crippen LogP contribution in [-0.4, -0.2) is 50.3 Å². The Balaban J connectivity index is 1.20. The molecule has 0 bridgehead atoms. The fourth-order valence-electron chi connectivity index (χ4n) is 3.99. The van der Waals surface area contributed by atoms with Crippen LogP contribution in [0, 0.1) is 0 Å². The van der Waals surface area contributed by atoms with Crippen LogP contribution >= 0.6 is 11.8 Å². The van der Waals surface area contributed by atoms with Crippen molar-refractivity contribution in [1.82, 2.24) is 25.0 Å². The summed E-state index contributed by atoms with van der Waals surface area (Å²) in [5.74, 6) is 1.33. The Labute approximate surface area is 207 Å². The Bertz CT molecular complexity index is 1280. The summed E-state index contributed by atoms with van der Waals surface area (Å²) in [7, 11) is 0. The molecule has 2 aromatic carbocycles. The standard InChI is InChI=1S/C26H25N5O3S/c32-23(27-17-19-10-12-20(13-11-19)25(33)30-14-4-5-15-30)18-35-26-29-28-24(22-9-6-16-34-22)31(26)21-7-2-1-3-8-21/h1-3,6-13,16H,4-5,14-15,17-18H2,(H,27,32). The van der Waals surface area contributed by atoms with Crippen LogP contribution in [0.25, 0.3) is 17.3 Å². The van der Waals surface area contributed by atoms with Crippen LogP contribution in [-0.2, 0) is 11.3 Å². The topological polar surface area (TPSA) is 93.3 Å². The minimum absolute atomic E-state index is 0.0749. The number of hydrogen-bond donors (Lipinski definition) is 1. The van der Waals surface area contributed by atoms with Gasteiger partial charge in [0.2, 0.25) is 11.7 Å². The normalized spacial score (nSPS) is 13.2. The molecule has 1 saturated heterocycles. The fourth-order valence-corrected chi connectivity index (χ4v) is 4.77. The molecule has 1 aliphatic rings. The maximum absolute atomic E-state index is 12.6. The summed E-state index contributed by atoms with van der Waals surface area (Å²) in [4.78, 5) is 26.9. The van der Waals surface area contributed by atoms with E-state index in [9.17, 15) is 9.59 Å². The molecule has 5 rings (SSSR count). The predicted molar refractivity (Wildman–Crippen MR) is 133 cm³/mol. The van der Waals surface area contributed by atoms with Crippen LogP contribution in [0.2, 0.25) is 0 Å². The van der Waals surface area contributed by atoms with E-state index in [4.69, 9.17) is 4.42 Å². The molecule has 0 spiro atoms. The Morgan fingerprint density at radius 1 is 0.943 bits per heavy atom. The third-order valence-electron chi connectivity index (χ3n) is 5.81. The summed E-state index contributed by atoms with van der Waals surface area (Å²) in [6.07, 6.45) is 3.73. The number of hydrogen-bond acceptors (Lipinski definition) is 6. The fraction of sp³-hybridized carbons (Fsp3) is 0.231. The zero-order valence-corrected chi connectivity index (χ0v) is 19.9. The number of carbonyl (C=O) groups excluding carboxylic acids is 2. The third-order valence-corrected chi connectivity index (χ3v) is 6.73. The molecular weight excluding hydrogens is 462 g/mol. The van der Waals surface area contributed by atoms with E-state index in [1.165, 1.54) is 11.8 Å². The van der Waals surface area contributed by atoms with E-state index in [-0.39, 0.29) is 17.6 Å². The van der Waals surface area contributed by atoms with Crippen molar-refractivity contribution in [2.75, 3.05) is 18.8 Å². The van der Waals surface area contributed by atoms with Gasteiger partial charge in [-0.15, -0.1) is 10.2 Å². The molecule has 3 heterocycles. The van der Waals surface area contributed by atoms with E-state index in [1.807, 2.05) is 70.1 Å². The monoisotopic (exact) mass is 487 g/mol. The molecule has 35 heavy (non-hydrogen) atoms. The second kappa shape index (κ2) is 10.6. The van der Waals surface area contributed by atoms with Gasteiger partial charge in [-0.05, 0) is 54.8 Å². The van der Waals surface area contributed by atoms with Crippen LogP contribution in [0.5, 0.6) is 0 Å². The Kier molecular flexibility index (Phi) is 6.94. The Morgan fingerprint density at radius 2 is 1.71 bits per heavy atom. The van der Waals surface area contributed by atoms with Crippen molar-refractivity contribution in [3.05, 3.63) is 84.1 Å². The first kappa shape index (κ1) is 22.9. The molecule has 2 aromatic heterocycles. The largest absolute Gasteiger partial charge is 0.461 e. The molecule has 1 N–H and O–H groups in total. The number of rotatable bonds is 8. The highest BCUT2D eigenvalue weighted by molar-refractivity contribution is 7.99. The van der Waals surface area contributed by atoms with Crippen LogP contribution in [0.3, 0.4) is 0 Å². The van der Waals surface area contributed by atoms with Gasteiger partial charge >= 0.3 is 0 Å². The lowest BCUT2D eigenvalue weighted by atomic mass is 10.1. The van der Waals surface area contributed by atoms with Crippen LogP contribution < -0.4 is 5.32 Å². The zero-order chi connectivity index (χ0) is 24.0. The van der Waals surface area contributed by atoms with Gasteiger partial charge in [0.25, 0.3) is 5.91 Å². The molecule has 1 aliphatic heterocycles. The highest BCUT2D eigenvalue weighted by Crippen LogP contribution is 2.28. The number of amides is 2. The number of benzene rings is 2. The minimum atomic E-state index is -0.116. The van der Waals surface area contributed by atoms with Gasteiger partial charge in [0, 0.05) is 30.9 Å². The number of nitrogens with one attached hydrogen (secondary N) is 1. The second-order valence-electron chi connectivity index (χ2n) is 8.22. The number of thioether (sulfide) groups is 1. The SMILES string of the molecule is O=C(CSc1nnc(-c2ccco2)n1-c1ccccc1)NCc1ccc(C(=O)N2CCCC2)cc1. The molecule has 8 nitrogen and oxygen atoms in total. The summed E-state index contributed by atoms with van der Waals surface area (Å²) in [5, 5.41) is 12.1. The molecule has 0 aliphatic carbocycles. The van der Waals surface area contributed by atoms with E-state index in [0.717, 1.165) is 37.2 Å². The van der Waals surface area contributed by atoms with E-state index in [2.05, 4.69) is 15.5 Å². The van der Waals surface area contributed by atoms with Gasteiger partial charge in [0.15, 0.2) is 10.9 Å². The second-order valence-corrected chi connectivity index (χ2v) is 9.16. The summed E-state index contributed by atoms with van der Waals surface area (Å²) in [6, 6.07) is 20.8. The minimum Gasteiger partial charge on any atom is -0.461 e. The molecule has 1 fully saturated rings. The van der Waals surface area contributed by atoms with Crippen LogP contribution in [0.4, 0.5) is 0 Å². The number of nitrogens with zero attached hydrogens (tertiary/aromatic N) is 4. The molecule has 178 valence electrons. The lowest BCUT2D eigenvalue weighted by molar-refractivity contribution is -0.118. The first-order valence-corrected chi connectivity index (χ1v) is 12.5. The third kappa shape index (κ3) is 5.30. The van der Waals surface area contributed by atoms with Crippen LogP contribution in [0.1, 0.15) is 28.8 Å². The van der Waals surface area contributed by atoms with Crippen molar-refractivity contribution in [3.8, 4) is 17.3 Å². The number of furan rings is 1. The van der Waals surface area contributed by atoms with Crippen LogP contribution in [0.15, 0.2) is 82.6 Å². The lowest BCUT2D eigenvalue weighted by Gasteiger charge is -2.15. The zero-order valence-electron chi connectivity index (χ0n) is 19.1. The molecule has 4 aromatic rings. The average Bonchev–Trinajstić information content (AvgIpc) is 3.68. The van der Waals surface area contributed by atoms with Crippen molar-refractivity contribution in [2.45, 2.75) is 24.5 Å². The molecular formula is C26H25N5O3S. The lowest BCUT2D eigenvalue weighted by Crippen LogP contribution is -2.27. The maximum Gasteiger partial charge on any atom is 0.253 e. The van der Waals surface area contributed by atoms with Gasteiger partial charge in [0.05, 0.1) is 12.0 Å². The van der Waals surface area contributed by atoms with Gasteiger partial charge in [-0.1, -0.05) is 42.1 Å². The number of aromatic nitrogens is 3. The summed E-state index contributed by atoms with van der Waals surface area (Å²) >= 11 is 1.31. The molecule has 0 unspecified atom stereocenters.